The lowest BCUT2D eigenvalue weighted by Crippen LogP contribution is -2.34. The third kappa shape index (κ3) is 4.91. The predicted octanol–water partition coefficient (Wildman–Crippen LogP) is 2.77. The van der Waals surface area contributed by atoms with Crippen LogP contribution in [0.5, 0.6) is 5.88 Å². The number of aromatic nitrogens is 3. The van der Waals surface area contributed by atoms with Gasteiger partial charge in [-0.1, -0.05) is 0 Å². The summed E-state index contributed by atoms with van der Waals surface area (Å²) in [6, 6.07) is 0.340. The fourth-order valence-electron chi connectivity index (χ4n) is 4.96. The lowest BCUT2D eigenvalue weighted by Gasteiger charge is -2.27. The van der Waals surface area contributed by atoms with E-state index in [1.165, 1.54) is 0 Å². The van der Waals surface area contributed by atoms with Crippen LogP contribution in [-0.2, 0) is 4.74 Å². The minimum atomic E-state index is -0.182. The molecule has 0 amide bonds. The maximum atomic E-state index is 9.95. The predicted molar refractivity (Wildman–Crippen MR) is 119 cm³/mol. The molecule has 0 spiro atoms. The van der Waals surface area contributed by atoms with Crippen LogP contribution in [0.15, 0.2) is 12.4 Å². The number of ether oxygens (including phenoxy) is 2. The molecule has 2 saturated heterocycles. The fourth-order valence-corrected chi connectivity index (χ4v) is 4.96. The van der Waals surface area contributed by atoms with Gasteiger partial charge in [-0.3, -0.25) is 0 Å². The van der Waals surface area contributed by atoms with Crippen molar-refractivity contribution in [2.24, 2.45) is 0 Å². The molecular weight excluding hydrogens is 394 g/mol. The third-order valence-corrected chi connectivity index (χ3v) is 6.87. The summed E-state index contributed by atoms with van der Waals surface area (Å²) in [5.41, 5.74) is 2.09. The molecule has 3 aliphatic rings. The van der Waals surface area contributed by atoms with Crippen LogP contribution in [0.2, 0.25) is 0 Å². The number of anilines is 1. The molecule has 1 aliphatic carbocycles. The van der Waals surface area contributed by atoms with Crippen LogP contribution in [0.4, 0.5) is 5.95 Å². The molecule has 4 heterocycles. The van der Waals surface area contributed by atoms with Crippen LogP contribution in [0.1, 0.15) is 62.8 Å². The fraction of sp³-hybridized carbons (Fsp3) is 0.696. The number of pyridine rings is 1. The number of aliphatic hydroxyl groups is 1. The van der Waals surface area contributed by atoms with Crippen LogP contribution in [-0.4, -0.2) is 64.6 Å². The number of hydrogen-bond donors (Lipinski definition) is 3. The number of fused-ring (bicyclic) bond motifs is 1. The Morgan fingerprint density at radius 1 is 0.968 bits per heavy atom. The van der Waals surface area contributed by atoms with E-state index in [1.54, 1.807) is 0 Å². The van der Waals surface area contributed by atoms with Crippen molar-refractivity contribution in [1.29, 1.82) is 0 Å². The van der Waals surface area contributed by atoms with Crippen LogP contribution in [0, 0.1) is 0 Å². The van der Waals surface area contributed by atoms with E-state index >= 15 is 0 Å². The van der Waals surface area contributed by atoms with Gasteiger partial charge in [0.25, 0.3) is 0 Å². The Bertz CT molecular complexity index is 875. The topological polar surface area (TPSA) is 101 Å². The summed E-state index contributed by atoms with van der Waals surface area (Å²) in [5.74, 6) is 1.66. The SMILES string of the molecule is OC1CCC(c2cnc(OC3CCNCC3)c3cnc(NC4CCOCC4)nc23)CC1. The molecule has 1 saturated carbocycles. The van der Waals surface area contributed by atoms with Gasteiger partial charge in [-0.15, -0.1) is 0 Å². The number of hydrogen-bond acceptors (Lipinski definition) is 8. The number of nitrogens with zero attached hydrogens (tertiary/aromatic N) is 3. The van der Waals surface area contributed by atoms with Crippen molar-refractivity contribution in [3.63, 3.8) is 0 Å². The van der Waals surface area contributed by atoms with Gasteiger partial charge in [-0.05, 0) is 70.4 Å². The molecule has 0 radical (unpaired) electrons. The van der Waals surface area contributed by atoms with Gasteiger partial charge >= 0.3 is 0 Å². The third-order valence-electron chi connectivity index (χ3n) is 6.87. The molecule has 2 aromatic heterocycles. The quantitative estimate of drug-likeness (QED) is 0.670. The molecule has 3 N–H and O–H groups in total. The highest BCUT2D eigenvalue weighted by Gasteiger charge is 2.26. The van der Waals surface area contributed by atoms with Crippen LogP contribution in [0.25, 0.3) is 10.9 Å². The standard InChI is InChI=1S/C23H33N5O3/c29-17-3-1-15(2-4-17)19-13-25-22(31-18-5-9-24-10-6-18)20-14-26-23(28-21(19)20)27-16-7-11-30-12-8-16/h13-18,24,29H,1-12H2,(H,26,27,28). The van der Waals surface area contributed by atoms with Crippen LogP contribution in [0.3, 0.4) is 0 Å². The summed E-state index contributed by atoms with van der Waals surface area (Å²) in [4.78, 5) is 14.3. The number of nitrogens with one attached hydrogen (secondary N) is 2. The van der Waals surface area contributed by atoms with E-state index in [0.717, 1.165) is 94.1 Å². The zero-order valence-electron chi connectivity index (χ0n) is 18.1. The smallest absolute Gasteiger partial charge is 0.224 e. The molecule has 31 heavy (non-hydrogen) atoms. The van der Waals surface area contributed by atoms with E-state index in [4.69, 9.17) is 19.4 Å². The van der Waals surface area contributed by atoms with Crippen molar-refractivity contribution >= 4 is 16.9 Å². The molecule has 2 aliphatic heterocycles. The van der Waals surface area contributed by atoms with Crippen molar-refractivity contribution < 1.29 is 14.6 Å². The average molecular weight is 428 g/mol. The Morgan fingerprint density at radius 3 is 2.52 bits per heavy atom. The molecule has 2 aromatic rings. The molecule has 5 rings (SSSR count). The van der Waals surface area contributed by atoms with Gasteiger partial charge in [-0.25, -0.2) is 15.0 Å². The van der Waals surface area contributed by atoms with E-state index < -0.39 is 0 Å². The molecule has 0 atom stereocenters. The monoisotopic (exact) mass is 427 g/mol. The highest BCUT2D eigenvalue weighted by atomic mass is 16.5. The number of rotatable bonds is 5. The lowest BCUT2D eigenvalue weighted by atomic mass is 9.83. The van der Waals surface area contributed by atoms with Gasteiger partial charge in [0.2, 0.25) is 11.8 Å². The molecule has 168 valence electrons. The number of aliphatic hydroxyl groups excluding tert-OH is 1. The molecule has 8 nitrogen and oxygen atoms in total. The second kappa shape index (κ2) is 9.63. The first-order chi connectivity index (χ1) is 15.3. The van der Waals surface area contributed by atoms with Crippen LogP contribution >= 0.6 is 0 Å². The second-order valence-electron chi connectivity index (χ2n) is 9.08. The van der Waals surface area contributed by atoms with Gasteiger partial charge in [-0.2, -0.15) is 0 Å². The summed E-state index contributed by atoms with van der Waals surface area (Å²) in [5, 5.41) is 17.7. The molecule has 0 bridgehead atoms. The largest absolute Gasteiger partial charge is 0.474 e. The Balaban J connectivity index is 1.46. The maximum absolute atomic E-state index is 9.95. The first kappa shape index (κ1) is 20.8. The Hall–Kier alpha value is -2.03. The minimum absolute atomic E-state index is 0.174. The Morgan fingerprint density at radius 2 is 1.74 bits per heavy atom. The zero-order valence-corrected chi connectivity index (χ0v) is 18.1. The van der Waals surface area contributed by atoms with E-state index in [-0.39, 0.29) is 12.2 Å². The van der Waals surface area contributed by atoms with Crippen molar-refractivity contribution in [2.75, 3.05) is 31.6 Å². The molecule has 0 unspecified atom stereocenters. The van der Waals surface area contributed by atoms with Crippen molar-refractivity contribution in [3.8, 4) is 5.88 Å². The van der Waals surface area contributed by atoms with Crippen molar-refractivity contribution in [3.05, 3.63) is 18.0 Å². The normalized spacial score (nSPS) is 26.1. The van der Waals surface area contributed by atoms with Gasteiger partial charge in [0, 0.05) is 37.2 Å². The molecule has 3 fully saturated rings. The minimum Gasteiger partial charge on any atom is -0.474 e. The highest BCUT2D eigenvalue weighted by molar-refractivity contribution is 5.86. The first-order valence-electron chi connectivity index (χ1n) is 11.8. The van der Waals surface area contributed by atoms with E-state index in [9.17, 15) is 5.11 Å². The van der Waals surface area contributed by atoms with Gasteiger partial charge in [0.05, 0.1) is 17.0 Å². The molecular formula is C23H33N5O3. The molecule has 0 aromatic carbocycles. The maximum Gasteiger partial charge on any atom is 0.224 e. The van der Waals surface area contributed by atoms with Gasteiger partial charge < -0.3 is 25.2 Å². The van der Waals surface area contributed by atoms with Gasteiger partial charge in [0.15, 0.2) is 0 Å². The molecule has 8 heteroatoms. The van der Waals surface area contributed by atoms with E-state index in [2.05, 4.69) is 15.6 Å². The second-order valence-corrected chi connectivity index (χ2v) is 9.08. The summed E-state index contributed by atoms with van der Waals surface area (Å²) in [6.07, 6.45) is 11.3. The Kier molecular flexibility index (Phi) is 6.47. The lowest BCUT2D eigenvalue weighted by molar-refractivity contribution is 0.0903. The average Bonchev–Trinajstić information content (AvgIpc) is 2.81. The zero-order chi connectivity index (χ0) is 21.0. The highest BCUT2D eigenvalue weighted by Crippen LogP contribution is 2.38. The summed E-state index contributed by atoms with van der Waals surface area (Å²) in [6.45, 7) is 3.50. The van der Waals surface area contributed by atoms with Crippen molar-refractivity contribution in [1.82, 2.24) is 20.3 Å². The summed E-state index contributed by atoms with van der Waals surface area (Å²) < 4.78 is 11.8. The van der Waals surface area contributed by atoms with E-state index in [0.29, 0.717) is 23.8 Å². The van der Waals surface area contributed by atoms with E-state index in [1.807, 2.05) is 12.4 Å². The Labute approximate surface area is 183 Å². The first-order valence-corrected chi connectivity index (χ1v) is 11.8. The summed E-state index contributed by atoms with van der Waals surface area (Å²) >= 11 is 0. The summed E-state index contributed by atoms with van der Waals surface area (Å²) in [7, 11) is 0. The van der Waals surface area contributed by atoms with Crippen molar-refractivity contribution in [2.45, 2.75) is 75.5 Å². The van der Waals surface area contributed by atoms with Crippen LogP contribution < -0.4 is 15.4 Å². The number of piperidine rings is 1. The van der Waals surface area contributed by atoms with Gasteiger partial charge in [0.1, 0.15) is 6.10 Å².